The first-order valence-electron chi connectivity index (χ1n) is 8.52. The molecule has 0 saturated carbocycles. The maximum Gasteiger partial charge on any atom is 0.231 e. The molecule has 2 heterocycles. The lowest BCUT2D eigenvalue weighted by Crippen LogP contribution is -2.43. The van der Waals surface area contributed by atoms with Crippen molar-refractivity contribution in [3.63, 3.8) is 0 Å². The third kappa shape index (κ3) is 2.67. The molecule has 1 aromatic heterocycles. The number of fused-ring (bicyclic) bond motifs is 2. The van der Waals surface area contributed by atoms with Gasteiger partial charge >= 0.3 is 0 Å². The number of H-pyrrole nitrogens is 1. The molecule has 0 atom stereocenters. The van der Waals surface area contributed by atoms with E-state index in [0.29, 0.717) is 18.8 Å². The van der Waals surface area contributed by atoms with Crippen molar-refractivity contribution in [3.05, 3.63) is 54.0 Å². The first-order chi connectivity index (χ1) is 12.6. The molecule has 6 heteroatoms. The average Bonchev–Trinajstić information content (AvgIpc) is 3.05. The Kier molecular flexibility index (Phi) is 4.03. The number of aromatic amines is 1. The van der Waals surface area contributed by atoms with Gasteiger partial charge in [0.25, 0.3) is 0 Å². The summed E-state index contributed by atoms with van der Waals surface area (Å²) in [7, 11) is 3.57. The summed E-state index contributed by atoms with van der Waals surface area (Å²) < 4.78 is 19.2. The van der Waals surface area contributed by atoms with Crippen molar-refractivity contribution in [1.82, 2.24) is 4.98 Å². The van der Waals surface area contributed by atoms with Gasteiger partial charge in [0.05, 0.1) is 24.9 Å². The number of nitrogens with one attached hydrogen (secondary N) is 1. The third-order valence-electron chi connectivity index (χ3n) is 4.91. The van der Waals surface area contributed by atoms with Gasteiger partial charge in [-0.25, -0.2) is 4.39 Å². The standard InChI is InChI=1S/C20H20FN3O2/c1-23-8-9-24(17-11-14(21)6-7-16(17)23)19(25)10-13-12-22-15-4-3-5-18(26-2)20(13)15/h3-7,11-12,22H,8-10H2,1-2H3. The van der Waals surface area contributed by atoms with Crippen molar-refractivity contribution < 1.29 is 13.9 Å². The number of anilines is 2. The largest absolute Gasteiger partial charge is 0.496 e. The zero-order valence-electron chi connectivity index (χ0n) is 14.8. The maximum absolute atomic E-state index is 13.8. The Labute approximate surface area is 151 Å². The van der Waals surface area contributed by atoms with Crippen LogP contribution in [-0.2, 0) is 11.2 Å². The van der Waals surface area contributed by atoms with E-state index in [-0.39, 0.29) is 18.1 Å². The molecule has 0 bridgehead atoms. The number of likely N-dealkylation sites (N-methyl/N-ethyl adjacent to an activating group) is 1. The summed E-state index contributed by atoms with van der Waals surface area (Å²) in [5.74, 6) is 0.332. The van der Waals surface area contributed by atoms with Crippen LogP contribution in [-0.4, -0.2) is 38.1 Å². The van der Waals surface area contributed by atoms with Crippen LogP contribution in [0.1, 0.15) is 5.56 Å². The molecule has 0 saturated heterocycles. The fraction of sp³-hybridized carbons (Fsp3) is 0.250. The number of rotatable bonds is 3. The van der Waals surface area contributed by atoms with Gasteiger partial charge in [-0.15, -0.1) is 0 Å². The summed E-state index contributed by atoms with van der Waals surface area (Å²) in [6, 6.07) is 10.3. The number of aromatic nitrogens is 1. The number of carbonyl (C=O) groups excluding carboxylic acids is 1. The molecule has 1 aliphatic heterocycles. The van der Waals surface area contributed by atoms with Gasteiger partial charge in [-0.2, -0.15) is 0 Å². The quantitative estimate of drug-likeness (QED) is 0.786. The normalized spacial score (nSPS) is 13.8. The third-order valence-corrected chi connectivity index (χ3v) is 4.91. The van der Waals surface area contributed by atoms with Crippen LogP contribution in [0.25, 0.3) is 10.9 Å². The van der Waals surface area contributed by atoms with Gasteiger partial charge in [0.1, 0.15) is 11.6 Å². The van der Waals surface area contributed by atoms with Gasteiger partial charge in [-0.1, -0.05) is 6.07 Å². The van der Waals surface area contributed by atoms with Crippen LogP contribution in [0.5, 0.6) is 5.75 Å². The molecule has 5 nitrogen and oxygen atoms in total. The zero-order valence-corrected chi connectivity index (χ0v) is 14.8. The van der Waals surface area contributed by atoms with E-state index in [1.807, 2.05) is 36.3 Å². The Hall–Kier alpha value is -3.02. The number of methoxy groups -OCH3 is 1. The van der Waals surface area contributed by atoms with Crippen molar-refractivity contribution in [1.29, 1.82) is 0 Å². The van der Waals surface area contributed by atoms with E-state index in [9.17, 15) is 9.18 Å². The Bertz CT molecular complexity index is 982. The lowest BCUT2D eigenvalue weighted by atomic mass is 10.1. The monoisotopic (exact) mass is 353 g/mol. The molecular weight excluding hydrogens is 333 g/mol. The summed E-state index contributed by atoms with van der Waals surface area (Å²) in [4.78, 5) is 19.9. The molecule has 2 aromatic carbocycles. The molecule has 0 aliphatic carbocycles. The number of hydrogen-bond donors (Lipinski definition) is 1. The highest BCUT2D eigenvalue weighted by Gasteiger charge is 2.26. The fourth-order valence-electron chi connectivity index (χ4n) is 3.57. The lowest BCUT2D eigenvalue weighted by molar-refractivity contribution is -0.118. The topological polar surface area (TPSA) is 48.6 Å². The molecule has 0 spiro atoms. The molecule has 26 heavy (non-hydrogen) atoms. The van der Waals surface area contributed by atoms with Crippen molar-refractivity contribution in [2.75, 3.05) is 37.0 Å². The van der Waals surface area contributed by atoms with Crippen LogP contribution in [0.15, 0.2) is 42.6 Å². The molecule has 1 N–H and O–H groups in total. The van der Waals surface area contributed by atoms with E-state index in [1.54, 1.807) is 18.1 Å². The van der Waals surface area contributed by atoms with Crippen molar-refractivity contribution in [3.8, 4) is 5.75 Å². The van der Waals surface area contributed by atoms with Crippen LogP contribution in [0.3, 0.4) is 0 Å². The number of ether oxygens (including phenoxy) is 1. The zero-order chi connectivity index (χ0) is 18.3. The van der Waals surface area contributed by atoms with Crippen LogP contribution < -0.4 is 14.5 Å². The van der Waals surface area contributed by atoms with Crippen LogP contribution in [0, 0.1) is 5.82 Å². The van der Waals surface area contributed by atoms with Crippen LogP contribution in [0.2, 0.25) is 0 Å². The maximum atomic E-state index is 13.8. The smallest absolute Gasteiger partial charge is 0.231 e. The second-order valence-corrected chi connectivity index (χ2v) is 6.47. The summed E-state index contributed by atoms with van der Waals surface area (Å²) >= 11 is 0. The van der Waals surface area contributed by atoms with Gasteiger partial charge in [-0.05, 0) is 35.9 Å². The van der Waals surface area contributed by atoms with E-state index in [1.165, 1.54) is 12.1 Å². The van der Waals surface area contributed by atoms with Crippen molar-refractivity contribution >= 4 is 28.2 Å². The van der Waals surface area contributed by atoms with E-state index < -0.39 is 0 Å². The summed E-state index contributed by atoms with van der Waals surface area (Å²) in [5, 5.41) is 0.914. The molecule has 134 valence electrons. The first kappa shape index (κ1) is 16.4. The highest BCUT2D eigenvalue weighted by Crippen LogP contribution is 2.34. The van der Waals surface area contributed by atoms with Crippen molar-refractivity contribution in [2.24, 2.45) is 0 Å². The fourth-order valence-corrected chi connectivity index (χ4v) is 3.57. The molecule has 4 rings (SSSR count). The van der Waals surface area contributed by atoms with E-state index in [2.05, 4.69) is 4.98 Å². The number of halogens is 1. The number of nitrogens with zero attached hydrogens (tertiary/aromatic N) is 2. The average molecular weight is 353 g/mol. The lowest BCUT2D eigenvalue weighted by Gasteiger charge is -2.35. The Morgan fingerprint density at radius 2 is 2.08 bits per heavy atom. The minimum Gasteiger partial charge on any atom is -0.496 e. The SMILES string of the molecule is COc1cccc2[nH]cc(CC(=O)N3CCN(C)c4ccc(F)cc43)c12. The van der Waals surface area contributed by atoms with Gasteiger partial charge in [0.15, 0.2) is 0 Å². The summed E-state index contributed by atoms with van der Waals surface area (Å²) in [5.41, 5.74) is 3.29. The Morgan fingerprint density at radius 1 is 1.23 bits per heavy atom. The highest BCUT2D eigenvalue weighted by atomic mass is 19.1. The van der Waals surface area contributed by atoms with E-state index in [0.717, 1.165) is 27.9 Å². The molecule has 3 aromatic rings. The molecular formula is C20H20FN3O2. The van der Waals surface area contributed by atoms with Gasteiger partial charge in [-0.3, -0.25) is 4.79 Å². The predicted molar refractivity (Wildman–Crippen MR) is 101 cm³/mol. The minimum absolute atomic E-state index is 0.0586. The number of benzene rings is 2. The second-order valence-electron chi connectivity index (χ2n) is 6.47. The first-order valence-corrected chi connectivity index (χ1v) is 8.52. The molecule has 1 aliphatic rings. The minimum atomic E-state index is -0.342. The molecule has 0 unspecified atom stereocenters. The summed E-state index contributed by atoms with van der Waals surface area (Å²) in [6.45, 7) is 1.24. The van der Waals surface area contributed by atoms with Gasteiger partial charge < -0.3 is 19.5 Å². The molecule has 0 fully saturated rings. The Balaban J connectivity index is 1.68. The number of hydrogen-bond acceptors (Lipinski definition) is 3. The Morgan fingerprint density at radius 3 is 2.88 bits per heavy atom. The molecule has 1 amide bonds. The summed E-state index contributed by atoms with van der Waals surface area (Å²) in [6.07, 6.45) is 2.06. The van der Waals surface area contributed by atoms with Gasteiger partial charge in [0.2, 0.25) is 5.91 Å². The second kappa shape index (κ2) is 6.37. The van der Waals surface area contributed by atoms with Gasteiger partial charge in [0, 0.05) is 37.2 Å². The van der Waals surface area contributed by atoms with Crippen molar-refractivity contribution in [2.45, 2.75) is 6.42 Å². The van der Waals surface area contributed by atoms with E-state index >= 15 is 0 Å². The number of amides is 1. The predicted octanol–water partition coefficient (Wildman–Crippen LogP) is 3.34. The number of carbonyl (C=O) groups is 1. The highest BCUT2D eigenvalue weighted by molar-refractivity contribution is 6.01. The van der Waals surface area contributed by atoms with Crippen LogP contribution in [0.4, 0.5) is 15.8 Å². The van der Waals surface area contributed by atoms with E-state index in [4.69, 9.17) is 4.74 Å². The van der Waals surface area contributed by atoms with Crippen LogP contribution >= 0.6 is 0 Å². The molecule has 0 radical (unpaired) electrons.